The molecule has 2 rings (SSSR count). The number of nitrogens with zero attached hydrogens (tertiary/aromatic N) is 1. The summed E-state index contributed by atoms with van der Waals surface area (Å²) in [4.78, 5) is 25.1. The van der Waals surface area contributed by atoms with E-state index in [1.54, 1.807) is 0 Å². The average molecular weight is 369 g/mol. The maximum atomic E-state index is 12.1. The first kappa shape index (κ1) is 17.0. The zero-order chi connectivity index (χ0) is 16.1. The van der Waals surface area contributed by atoms with Crippen molar-refractivity contribution >= 4 is 27.8 Å². The largest absolute Gasteiger partial charge is 0.481 e. The van der Waals surface area contributed by atoms with Crippen molar-refractivity contribution in [3.63, 3.8) is 0 Å². The van der Waals surface area contributed by atoms with Crippen LogP contribution < -0.4 is 5.32 Å². The van der Waals surface area contributed by atoms with Gasteiger partial charge in [-0.1, -0.05) is 28.1 Å². The number of benzene rings is 1. The van der Waals surface area contributed by atoms with Crippen LogP contribution in [0.4, 0.5) is 0 Å². The van der Waals surface area contributed by atoms with Crippen LogP contribution in [0.25, 0.3) is 0 Å². The van der Waals surface area contributed by atoms with Crippen LogP contribution in [-0.4, -0.2) is 41.5 Å². The highest BCUT2D eigenvalue weighted by Gasteiger charge is 2.26. The van der Waals surface area contributed by atoms with Gasteiger partial charge in [0.25, 0.3) is 0 Å². The molecule has 0 aliphatic carbocycles. The molecule has 1 amide bonds. The van der Waals surface area contributed by atoms with Crippen molar-refractivity contribution in [1.29, 1.82) is 0 Å². The highest BCUT2D eigenvalue weighted by Crippen LogP contribution is 2.18. The molecular weight excluding hydrogens is 348 g/mol. The lowest BCUT2D eigenvalue weighted by Gasteiger charge is -2.30. The Labute approximate surface area is 138 Å². The Morgan fingerprint density at radius 1 is 1.41 bits per heavy atom. The highest BCUT2D eigenvalue weighted by atomic mass is 79.9. The Bertz CT molecular complexity index is 533. The van der Waals surface area contributed by atoms with Crippen molar-refractivity contribution in [2.45, 2.75) is 25.8 Å². The van der Waals surface area contributed by atoms with Crippen molar-refractivity contribution in [3.8, 4) is 0 Å². The van der Waals surface area contributed by atoms with Gasteiger partial charge in [-0.3, -0.25) is 14.5 Å². The third-order valence-electron chi connectivity index (χ3n) is 3.97. The molecule has 1 aromatic rings. The summed E-state index contributed by atoms with van der Waals surface area (Å²) in [5.41, 5.74) is 1.04. The minimum atomic E-state index is -0.770. The molecule has 1 saturated heterocycles. The number of nitrogens with one attached hydrogen (secondary N) is 1. The summed E-state index contributed by atoms with van der Waals surface area (Å²) in [5.74, 6) is -1.19. The molecule has 2 atom stereocenters. The van der Waals surface area contributed by atoms with Crippen LogP contribution in [-0.2, 0) is 9.59 Å². The smallest absolute Gasteiger partial charge is 0.307 e. The first-order chi connectivity index (χ1) is 10.5. The van der Waals surface area contributed by atoms with E-state index in [4.69, 9.17) is 5.11 Å². The van der Waals surface area contributed by atoms with Gasteiger partial charge in [0, 0.05) is 11.0 Å². The third kappa shape index (κ3) is 4.81. The molecule has 1 aromatic carbocycles. The molecule has 1 aliphatic heterocycles. The zero-order valence-corrected chi connectivity index (χ0v) is 14.2. The Hall–Kier alpha value is -1.40. The molecule has 120 valence electrons. The first-order valence-corrected chi connectivity index (χ1v) is 8.25. The Balaban J connectivity index is 1.84. The van der Waals surface area contributed by atoms with Gasteiger partial charge in [-0.15, -0.1) is 0 Å². The van der Waals surface area contributed by atoms with E-state index in [1.165, 1.54) is 0 Å². The second-order valence-electron chi connectivity index (χ2n) is 5.75. The quantitative estimate of drug-likeness (QED) is 0.837. The Morgan fingerprint density at radius 2 is 2.09 bits per heavy atom. The Morgan fingerprint density at radius 3 is 2.73 bits per heavy atom. The minimum absolute atomic E-state index is 0.0681. The molecule has 0 saturated carbocycles. The van der Waals surface area contributed by atoms with Gasteiger partial charge in [0.15, 0.2) is 0 Å². The molecule has 2 N–H and O–H groups in total. The fourth-order valence-corrected chi connectivity index (χ4v) is 2.99. The van der Waals surface area contributed by atoms with E-state index in [-0.39, 0.29) is 24.4 Å². The summed E-state index contributed by atoms with van der Waals surface area (Å²) >= 11 is 3.39. The van der Waals surface area contributed by atoms with Crippen molar-refractivity contribution in [1.82, 2.24) is 10.2 Å². The van der Waals surface area contributed by atoms with Crippen molar-refractivity contribution in [3.05, 3.63) is 34.3 Å². The number of aliphatic carboxylic acids is 1. The summed E-state index contributed by atoms with van der Waals surface area (Å²) in [6.45, 7) is 3.43. The lowest BCUT2D eigenvalue weighted by atomic mass is 9.98. The lowest BCUT2D eigenvalue weighted by Crippen LogP contribution is -2.44. The maximum absolute atomic E-state index is 12.1. The standard InChI is InChI=1S/C16H21BrN2O3/c1-11(12-4-6-14(17)7-5-12)18-15(20)10-19-8-2-3-13(9-19)16(21)22/h4-7,11,13H,2-3,8-10H2,1H3,(H,18,20)(H,21,22). The van der Waals surface area contributed by atoms with E-state index in [2.05, 4.69) is 21.2 Å². The van der Waals surface area contributed by atoms with Gasteiger partial charge in [0.1, 0.15) is 0 Å². The van der Waals surface area contributed by atoms with E-state index in [0.717, 1.165) is 23.0 Å². The highest BCUT2D eigenvalue weighted by molar-refractivity contribution is 9.10. The van der Waals surface area contributed by atoms with Gasteiger partial charge in [-0.2, -0.15) is 0 Å². The molecule has 2 unspecified atom stereocenters. The molecule has 22 heavy (non-hydrogen) atoms. The number of carbonyl (C=O) groups is 2. The molecule has 0 aromatic heterocycles. The van der Waals surface area contributed by atoms with Crippen LogP contribution in [0.3, 0.4) is 0 Å². The van der Waals surface area contributed by atoms with Crippen LogP contribution in [0.15, 0.2) is 28.7 Å². The number of rotatable bonds is 5. The molecule has 5 nitrogen and oxygen atoms in total. The average Bonchev–Trinajstić information content (AvgIpc) is 2.47. The van der Waals surface area contributed by atoms with Crippen LogP contribution in [0.5, 0.6) is 0 Å². The van der Waals surface area contributed by atoms with Crippen molar-refractivity contribution in [2.75, 3.05) is 19.6 Å². The van der Waals surface area contributed by atoms with Gasteiger partial charge in [0.2, 0.25) is 5.91 Å². The topological polar surface area (TPSA) is 69.6 Å². The fourth-order valence-electron chi connectivity index (χ4n) is 2.73. The molecule has 1 heterocycles. The monoisotopic (exact) mass is 368 g/mol. The second kappa shape index (κ2) is 7.74. The summed E-state index contributed by atoms with van der Waals surface area (Å²) in [6.07, 6.45) is 1.52. The van der Waals surface area contributed by atoms with E-state index in [0.29, 0.717) is 13.0 Å². The predicted molar refractivity (Wildman–Crippen MR) is 87.5 cm³/mol. The number of carboxylic acid groups (broad SMARTS) is 1. The van der Waals surface area contributed by atoms with Crippen molar-refractivity contribution < 1.29 is 14.7 Å². The number of piperidine rings is 1. The SMILES string of the molecule is CC(NC(=O)CN1CCCC(C(=O)O)C1)c1ccc(Br)cc1. The van der Waals surface area contributed by atoms with Crippen molar-refractivity contribution in [2.24, 2.45) is 5.92 Å². The minimum Gasteiger partial charge on any atom is -0.481 e. The third-order valence-corrected chi connectivity index (χ3v) is 4.50. The number of likely N-dealkylation sites (tertiary alicyclic amines) is 1. The molecule has 1 aliphatic rings. The predicted octanol–water partition coefficient (Wildman–Crippen LogP) is 2.42. The molecule has 0 radical (unpaired) electrons. The van der Waals surface area contributed by atoms with Gasteiger partial charge < -0.3 is 10.4 Å². The van der Waals surface area contributed by atoms with Crippen LogP contribution in [0.2, 0.25) is 0 Å². The number of amides is 1. The molecule has 1 fully saturated rings. The molecular formula is C16H21BrN2O3. The molecule has 6 heteroatoms. The Kier molecular flexibility index (Phi) is 5.97. The summed E-state index contributed by atoms with van der Waals surface area (Å²) in [7, 11) is 0. The number of carboxylic acids is 1. The van der Waals surface area contributed by atoms with Crippen LogP contribution >= 0.6 is 15.9 Å². The molecule has 0 spiro atoms. The second-order valence-corrected chi connectivity index (χ2v) is 6.67. The van der Waals surface area contributed by atoms with Gasteiger partial charge in [-0.25, -0.2) is 0 Å². The van der Waals surface area contributed by atoms with Gasteiger partial charge in [-0.05, 0) is 44.0 Å². The van der Waals surface area contributed by atoms with Crippen LogP contribution in [0, 0.1) is 5.92 Å². The summed E-state index contributed by atoms with van der Waals surface area (Å²) in [5, 5.41) is 12.0. The van der Waals surface area contributed by atoms with Gasteiger partial charge >= 0.3 is 5.97 Å². The van der Waals surface area contributed by atoms with Crippen LogP contribution in [0.1, 0.15) is 31.4 Å². The van der Waals surface area contributed by atoms with E-state index < -0.39 is 5.97 Å². The first-order valence-electron chi connectivity index (χ1n) is 7.45. The maximum Gasteiger partial charge on any atom is 0.307 e. The number of carbonyl (C=O) groups excluding carboxylic acids is 1. The van der Waals surface area contributed by atoms with E-state index >= 15 is 0 Å². The molecule has 0 bridgehead atoms. The fraction of sp³-hybridized carbons (Fsp3) is 0.500. The lowest BCUT2D eigenvalue weighted by molar-refractivity contribution is -0.144. The zero-order valence-electron chi connectivity index (χ0n) is 12.6. The normalized spacial score (nSPS) is 20.4. The summed E-state index contributed by atoms with van der Waals surface area (Å²) in [6, 6.07) is 7.76. The number of hydrogen-bond acceptors (Lipinski definition) is 3. The van der Waals surface area contributed by atoms with Gasteiger partial charge in [0.05, 0.1) is 18.5 Å². The number of halogens is 1. The van der Waals surface area contributed by atoms with E-state index in [9.17, 15) is 9.59 Å². The summed E-state index contributed by atoms with van der Waals surface area (Å²) < 4.78 is 1.00. The van der Waals surface area contributed by atoms with E-state index in [1.807, 2.05) is 36.1 Å². The number of hydrogen-bond donors (Lipinski definition) is 2.